The summed E-state index contributed by atoms with van der Waals surface area (Å²) in [4.78, 5) is 1.88. The summed E-state index contributed by atoms with van der Waals surface area (Å²) in [5, 5.41) is 9.40. The van der Waals surface area contributed by atoms with Crippen LogP contribution in [0.2, 0.25) is 0 Å². The highest BCUT2D eigenvalue weighted by Gasteiger charge is 2.16. The molecule has 1 N–H and O–H groups in total. The minimum Gasteiger partial charge on any atom is -0.392 e. The summed E-state index contributed by atoms with van der Waals surface area (Å²) < 4.78 is 14.1. The molecule has 0 bridgehead atoms. The third-order valence-corrected chi connectivity index (χ3v) is 3.14. The normalized spacial score (nSPS) is 10.5. The molecule has 0 saturated heterocycles. The number of para-hydroxylation sites is 1. The van der Waals surface area contributed by atoms with Crippen LogP contribution in [0.5, 0.6) is 0 Å². The van der Waals surface area contributed by atoms with Gasteiger partial charge in [-0.25, -0.2) is 4.39 Å². The molecule has 2 aromatic carbocycles. The number of hydrogen-bond donors (Lipinski definition) is 1. The van der Waals surface area contributed by atoms with Crippen molar-refractivity contribution in [3.8, 4) is 0 Å². The van der Waals surface area contributed by atoms with E-state index in [2.05, 4.69) is 0 Å². The SMILES string of the molecule is CCN(c1cccc(C)c1)c1c(F)cccc1CO. The maximum absolute atomic E-state index is 14.1. The first-order chi connectivity index (χ1) is 9.17. The van der Waals surface area contributed by atoms with E-state index in [0.29, 0.717) is 17.8 Å². The Morgan fingerprint density at radius 3 is 2.53 bits per heavy atom. The molecule has 0 spiro atoms. The number of aliphatic hydroxyl groups excluding tert-OH is 1. The molecule has 2 aromatic rings. The molecule has 0 saturated carbocycles. The lowest BCUT2D eigenvalue weighted by Gasteiger charge is -2.26. The minimum atomic E-state index is -0.310. The zero-order valence-corrected chi connectivity index (χ0v) is 11.2. The second-order valence-electron chi connectivity index (χ2n) is 4.49. The van der Waals surface area contributed by atoms with Gasteiger partial charge in [0.05, 0.1) is 12.3 Å². The summed E-state index contributed by atoms with van der Waals surface area (Å²) in [5.41, 5.74) is 3.11. The maximum Gasteiger partial charge on any atom is 0.147 e. The second-order valence-corrected chi connectivity index (χ2v) is 4.49. The minimum absolute atomic E-state index is 0.171. The van der Waals surface area contributed by atoms with E-state index in [0.717, 1.165) is 11.3 Å². The monoisotopic (exact) mass is 259 g/mol. The lowest BCUT2D eigenvalue weighted by atomic mass is 10.1. The van der Waals surface area contributed by atoms with Crippen molar-refractivity contribution < 1.29 is 9.50 Å². The quantitative estimate of drug-likeness (QED) is 0.903. The van der Waals surface area contributed by atoms with Crippen LogP contribution in [0.1, 0.15) is 18.1 Å². The number of benzene rings is 2. The van der Waals surface area contributed by atoms with Crippen molar-refractivity contribution in [2.24, 2.45) is 0 Å². The van der Waals surface area contributed by atoms with E-state index in [9.17, 15) is 9.50 Å². The zero-order chi connectivity index (χ0) is 13.8. The average Bonchev–Trinajstić information content (AvgIpc) is 2.41. The maximum atomic E-state index is 14.1. The molecule has 0 unspecified atom stereocenters. The Labute approximate surface area is 113 Å². The topological polar surface area (TPSA) is 23.5 Å². The molecule has 3 heteroatoms. The highest BCUT2D eigenvalue weighted by molar-refractivity contribution is 5.67. The van der Waals surface area contributed by atoms with Gasteiger partial charge in [0.25, 0.3) is 0 Å². The molecule has 0 aromatic heterocycles. The van der Waals surface area contributed by atoms with Crippen molar-refractivity contribution in [2.45, 2.75) is 20.5 Å². The molecule has 2 nitrogen and oxygen atoms in total. The van der Waals surface area contributed by atoms with Gasteiger partial charge < -0.3 is 10.0 Å². The molecular weight excluding hydrogens is 241 g/mol. The summed E-state index contributed by atoms with van der Waals surface area (Å²) in [6.07, 6.45) is 0. The van der Waals surface area contributed by atoms with Crippen LogP contribution in [-0.2, 0) is 6.61 Å². The van der Waals surface area contributed by atoms with Crippen molar-refractivity contribution in [3.63, 3.8) is 0 Å². The standard InChI is InChI=1S/C16H18FNO/c1-3-18(14-8-4-6-12(2)10-14)16-13(11-19)7-5-9-15(16)17/h4-10,19H,3,11H2,1-2H3. The molecule has 0 radical (unpaired) electrons. The van der Waals surface area contributed by atoms with Crippen LogP contribution in [0.15, 0.2) is 42.5 Å². The van der Waals surface area contributed by atoms with Crippen LogP contribution in [0.25, 0.3) is 0 Å². The lowest BCUT2D eigenvalue weighted by molar-refractivity contribution is 0.281. The molecular formula is C16H18FNO. The summed E-state index contributed by atoms with van der Waals surface area (Å²) in [5.74, 6) is -0.310. The van der Waals surface area contributed by atoms with Crippen molar-refractivity contribution in [1.29, 1.82) is 0 Å². The summed E-state index contributed by atoms with van der Waals surface area (Å²) in [6, 6.07) is 12.7. The molecule has 2 rings (SSSR count). The Hall–Kier alpha value is -1.87. The predicted octanol–water partition coefficient (Wildman–Crippen LogP) is 3.78. The van der Waals surface area contributed by atoms with Gasteiger partial charge in [0.15, 0.2) is 0 Å². The smallest absolute Gasteiger partial charge is 0.147 e. The molecule has 100 valence electrons. The molecule has 0 heterocycles. The summed E-state index contributed by atoms with van der Waals surface area (Å²) in [7, 11) is 0. The molecule has 0 aliphatic rings. The molecule has 0 atom stereocenters. The Bertz CT molecular complexity index is 568. The van der Waals surface area contributed by atoms with E-state index >= 15 is 0 Å². The Morgan fingerprint density at radius 2 is 1.89 bits per heavy atom. The Morgan fingerprint density at radius 1 is 1.16 bits per heavy atom. The van der Waals surface area contributed by atoms with E-state index in [4.69, 9.17) is 0 Å². The van der Waals surface area contributed by atoms with E-state index in [-0.39, 0.29) is 12.4 Å². The van der Waals surface area contributed by atoms with Gasteiger partial charge in [0.1, 0.15) is 5.82 Å². The number of hydrogen-bond acceptors (Lipinski definition) is 2. The van der Waals surface area contributed by atoms with Crippen LogP contribution >= 0.6 is 0 Å². The van der Waals surface area contributed by atoms with E-state index < -0.39 is 0 Å². The fourth-order valence-corrected chi connectivity index (χ4v) is 2.26. The van der Waals surface area contributed by atoms with E-state index in [1.807, 2.05) is 43.0 Å². The number of anilines is 2. The van der Waals surface area contributed by atoms with Gasteiger partial charge in [-0.2, -0.15) is 0 Å². The lowest BCUT2D eigenvalue weighted by Crippen LogP contribution is -2.19. The average molecular weight is 259 g/mol. The van der Waals surface area contributed by atoms with Gasteiger partial charge >= 0.3 is 0 Å². The van der Waals surface area contributed by atoms with Gasteiger partial charge in [-0.15, -0.1) is 0 Å². The van der Waals surface area contributed by atoms with Crippen molar-refractivity contribution in [1.82, 2.24) is 0 Å². The largest absolute Gasteiger partial charge is 0.392 e. The number of rotatable bonds is 4. The van der Waals surface area contributed by atoms with Crippen molar-refractivity contribution in [3.05, 3.63) is 59.4 Å². The predicted molar refractivity (Wildman–Crippen MR) is 76.2 cm³/mol. The summed E-state index contributed by atoms with van der Waals surface area (Å²) in [6.45, 7) is 4.44. The first-order valence-corrected chi connectivity index (χ1v) is 6.39. The van der Waals surface area contributed by atoms with Crippen LogP contribution in [0.4, 0.5) is 15.8 Å². The Balaban J connectivity index is 2.54. The number of aryl methyl sites for hydroxylation is 1. The number of nitrogens with zero attached hydrogens (tertiary/aromatic N) is 1. The zero-order valence-electron chi connectivity index (χ0n) is 11.2. The third kappa shape index (κ3) is 2.76. The van der Waals surface area contributed by atoms with Gasteiger partial charge in [-0.05, 0) is 37.6 Å². The fraction of sp³-hybridized carbons (Fsp3) is 0.250. The number of aliphatic hydroxyl groups is 1. The highest BCUT2D eigenvalue weighted by atomic mass is 19.1. The van der Waals surface area contributed by atoms with Crippen LogP contribution in [0, 0.1) is 12.7 Å². The van der Waals surface area contributed by atoms with Crippen molar-refractivity contribution in [2.75, 3.05) is 11.4 Å². The molecule has 0 aliphatic heterocycles. The van der Waals surface area contributed by atoms with Gasteiger partial charge in [0, 0.05) is 17.8 Å². The van der Waals surface area contributed by atoms with Gasteiger partial charge in [0.2, 0.25) is 0 Å². The Kier molecular flexibility index (Phi) is 4.17. The van der Waals surface area contributed by atoms with Crippen LogP contribution in [-0.4, -0.2) is 11.7 Å². The van der Waals surface area contributed by atoms with Gasteiger partial charge in [-0.3, -0.25) is 0 Å². The first-order valence-electron chi connectivity index (χ1n) is 6.39. The molecule has 0 aliphatic carbocycles. The fourth-order valence-electron chi connectivity index (χ4n) is 2.26. The van der Waals surface area contributed by atoms with E-state index in [1.54, 1.807) is 12.1 Å². The third-order valence-electron chi connectivity index (χ3n) is 3.14. The molecule has 0 amide bonds. The highest BCUT2D eigenvalue weighted by Crippen LogP contribution is 2.31. The molecule has 0 fully saturated rings. The molecule has 19 heavy (non-hydrogen) atoms. The number of halogens is 1. The second kappa shape index (κ2) is 5.85. The first kappa shape index (κ1) is 13.6. The van der Waals surface area contributed by atoms with Gasteiger partial charge in [-0.1, -0.05) is 24.3 Å². The van der Waals surface area contributed by atoms with Crippen LogP contribution in [0.3, 0.4) is 0 Å². The van der Waals surface area contributed by atoms with Crippen LogP contribution < -0.4 is 4.90 Å². The summed E-state index contributed by atoms with van der Waals surface area (Å²) >= 11 is 0. The van der Waals surface area contributed by atoms with Crippen molar-refractivity contribution >= 4 is 11.4 Å². The van der Waals surface area contributed by atoms with E-state index in [1.165, 1.54) is 6.07 Å².